The van der Waals surface area contributed by atoms with Crippen molar-refractivity contribution in [2.45, 2.75) is 13.8 Å². The van der Waals surface area contributed by atoms with Gasteiger partial charge in [0.2, 0.25) is 0 Å². The molecule has 8 nitrogen and oxygen atoms in total. The average Bonchev–Trinajstić information content (AvgIpc) is 2.84. The third kappa shape index (κ3) is 5.84. The number of benzene rings is 2. The highest BCUT2D eigenvalue weighted by atomic mass is 16.5. The summed E-state index contributed by atoms with van der Waals surface area (Å²) in [6, 6.07) is 12.7. The molecule has 0 aliphatic carbocycles. The van der Waals surface area contributed by atoms with Crippen molar-refractivity contribution >= 4 is 17.6 Å². The molecule has 1 amide bonds. The van der Waals surface area contributed by atoms with E-state index in [1.54, 1.807) is 30.2 Å². The van der Waals surface area contributed by atoms with Gasteiger partial charge in [-0.2, -0.15) is 0 Å². The molecule has 32 heavy (non-hydrogen) atoms. The standard InChI is InChI=1S/C24H30N2O6/c1-4-30-21-11-6-18(16-22(21)31-5-2)24(28)32-17-23(27)26-14-12-25(13-15-26)19-7-9-20(29-3)10-8-19/h6-11,16H,4-5,12-15,17H2,1-3H3. The Balaban J connectivity index is 1.50. The van der Waals surface area contributed by atoms with E-state index in [1.165, 1.54) is 0 Å². The number of hydrogen-bond acceptors (Lipinski definition) is 7. The fourth-order valence-electron chi connectivity index (χ4n) is 3.49. The number of carbonyl (C=O) groups excluding carboxylic acids is 2. The number of rotatable bonds is 9. The van der Waals surface area contributed by atoms with Crippen LogP contribution in [-0.2, 0) is 9.53 Å². The van der Waals surface area contributed by atoms with E-state index in [-0.39, 0.29) is 12.5 Å². The van der Waals surface area contributed by atoms with Gasteiger partial charge in [0.1, 0.15) is 5.75 Å². The summed E-state index contributed by atoms with van der Waals surface area (Å²) < 4.78 is 21.5. The molecule has 0 saturated carbocycles. The molecular formula is C24H30N2O6. The first-order chi connectivity index (χ1) is 15.5. The molecule has 1 aliphatic heterocycles. The largest absolute Gasteiger partial charge is 0.497 e. The van der Waals surface area contributed by atoms with Gasteiger partial charge in [-0.15, -0.1) is 0 Å². The lowest BCUT2D eigenvalue weighted by atomic mass is 10.2. The third-order valence-corrected chi connectivity index (χ3v) is 5.18. The second-order valence-corrected chi connectivity index (χ2v) is 7.17. The molecule has 1 heterocycles. The lowest BCUT2D eigenvalue weighted by Crippen LogP contribution is -2.49. The van der Waals surface area contributed by atoms with Crippen LogP contribution in [-0.4, -0.2) is 69.9 Å². The van der Waals surface area contributed by atoms with Crippen LogP contribution in [0.1, 0.15) is 24.2 Å². The van der Waals surface area contributed by atoms with E-state index in [0.717, 1.165) is 11.4 Å². The quantitative estimate of drug-likeness (QED) is 0.553. The minimum Gasteiger partial charge on any atom is -0.497 e. The Morgan fingerprint density at radius 3 is 2.16 bits per heavy atom. The van der Waals surface area contributed by atoms with Crippen LogP contribution in [0, 0.1) is 0 Å². The van der Waals surface area contributed by atoms with Crippen LogP contribution in [0.15, 0.2) is 42.5 Å². The summed E-state index contributed by atoms with van der Waals surface area (Å²) in [6.07, 6.45) is 0. The Morgan fingerprint density at radius 2 is 1.53 bits per heavy atom. The third-order valence-electron chi connectivity index (χ3n) is 5.18. The van der Waals surface area contributed by atoms with Gasteiger partial charge in [-0.25, -0.2) is 4.79 Å². The summed E-state index contributed by atoms with van der Waals surface area (Å²) >= 11 is 0. The molecular weight excluding hydrogens is 412 g/mol. The molecule has 2 aromatic carbocycles. The molecule has 2 aromatic rings. The van der Waals surface area contributed by atoms with Crippen molar-refractivity contribution in [1.82, 2.24) is 4.90 Å². The number of nitrogens with zero attached hydrogens (tertiary/aromatic N) is 2. The zero-order valence-corrected chi connectivity index (χ0v) is 18.8. The normalized spacial score (nSPS) is 13.5. The molecule has 8 heteroatoms. The first-order valence-electron chi connectivity index (χ1n) is 10.8. The van der Waals surface area contributed by atoms with Gasteiger partial charge in [0, 0.05) is 31.9 Å². The highest BCUT2D eigenvalue weighted by Crippen LogP contribution is 2.29. The molecule has 1 fully saturated rings. The van der Waals surface area contributed by atoms with Gasteiger partial charge < -0.3 is 28.7 Å². The Labute approximate surface area is 188 Å². The van der Waals surface area contributed by atoms with Crippen LogP contribution in [0.25, 0.3) is 0 Å². The fraction of sp³-hybridized carbons (Fsp3) is 0.417. The summed E-state index contributed by atoms with van der Waals surface area (Å²) in [5.41, 5.74) is 1.40. The average molecular weight is 443 g/mol. The highest BCUT2D eigenvalue weighted by Gasteiger charge is 2.23. The molecule has 1 aliphatic rings. The van der Waals surface area contributed by atoms with Crippen molar-refractivity contribution in [2.24, 2.45) is 0 Å². The van der Waals surface area contributed by atoms with Gasteiger partial charge in [-0.05, 0) is 56.3 Å². The first kappa shape index (κ1) is 23.2. The summed E-state index contributed by atoms with van der Waals surface area (Å²) in [5.74, 6) is 1.08. The van der Waals surface area contributed by atoms with Crippen molar-refractivity contribution in [3.05, 3.63) is 48.0 Å². The number of methoxy groups -OCH3 is 1. The minimum atomic E-state index is -0.570. The Kier molecular flexibility index (Phi) is 8.19. The topological polar surface area (TPSA) is 77.5 Å². The van der Waals surface area contributed by atoms with E-state index in [0.29, 0.717) is 56.5 Å². The van der Waals surface area contributed by atoms with E-state index in [4.69, 9.17) is 18.9 Å². The van der Waals surface area contributed by atoms with Gasteiger partial charge in [0.25, 0.3) is 5.91 Å². The molecule has 3 rings (SSSR count). The number of anilines is 1. The van der Waals surface area contributed by atoms with Crippen LogP contribution >= 0.6 is 0 Å². The number of hydrogen-bond donors (Lipinski definition) is 0. The maximum Gasteiger partial charge on any atom is 0.338 e. The van der Waals surface area contributed by atoms with E-state index in [9.17, 15) is 9.59 Å². The van der Waals surface area contributed by atoms with Crippen LogP contribution in [0.2, 0.25) is 0 Å². The smallest absolute Gasteiger partial charge is 0.338 e. The lowest BCUT2D eigenvalue weighted by molar-refractivity contribution is -0.134. The van der Waals surface area contributed by atoms with Crippen LogP contribution < -0.4 is 19.1 Å². The Hall–Kier alpha value is -3.42. The molecule has 0 unspecified atom stereocenters. The Bertz CT molecular complexity index is 907. The fourth-order valence-corrected chi connectivity index (χ4v) is 3.49. The molecule has 0 N–H and O–H groups in total. The van der Waals surface area contributed by atoms with Crippen molar-refractivity contribution in [3.8, 4) is 17.2 Å². The first-order valence-corrected chi connectivity index (χ1v) is 10.8. The summed E-state index contributed by atoms with van der Waals surface area (Å²) in [6.45, 7) is 6.93. The number of carbonyl (C=O) groups is 2. The highest BCUT2D eigenvalue weighted by molar-refractivity contribution is 5.92. The second-order valence-electron chi connectivity index (χ2n) is 7.17. The summed E-state index contributed by atoms with van der Waals surface area (Å²) in [5, 5.41) is 0. The molecule has 1 saturated heterocycles. The SMILES string of the molecule is CCOc1ccc(C(=O)OCC(=O)N2CCN(c3ccc(OC)cc3)CC2)cc1OCC. The van der Waals surface area contributed by atoms with Crippen LogP contribution in [0.5, 0.6) is 17.2 Å². The number of piperazine rings is 1. The molecule has 0 radical (unpaired) electrons. The molecule has 0 aromatic heterocycles. The van der Waals surface area contributed by atoms with Gasteiger partial charge >= 0.3 is 5.97 Å². The van der Waals surface area contributed by atoms with Crippen LogP contribution in [0.3, 0.4) is 0 Å². The predicted molar refractivity (Wildman–Crippen MR) is 121 cm³/mol. The second kappa shape index (κ2) is 11.3. The lowest BCUT2D eigenvalue weighted by Gasteiger charge is -2.36. The minimum absolute atomic E-state index is 0.205. The zero-order chi connectivity index (χ0) is 22.9. The van der Waals surface area contributed by atoms with Gasteiger partial charge in [0.15, 0.2) is 18.1 Å². The van der Waals surface area contributed by atoms with Crippen molar-refractivity contribution in [1.29, 1.82) is 0 Å². The van der Waals surface area contributed by atoms with E-state index < -0.39 is 5.97 Å². The summed E-state index contributed by atoms with van der Waals surface area (Å²) in [4.78, 5) is 28.9. The van der Waals surface area contributed by atoms with Crippen molar-refractivity contribution in [3.63, 3.8) is 0 Å². The zero-order valence-electron chi connectivity index (χ0n) is 18.8. The van der Waals surface area contributed by atoms with Crippen LogP contribution in [0.4, 0.5) is 5.69 Å². The summed E-state index contributed by atoms with van der Waals surface area (Å²) in [7, 11) is 1.64. The number of amides is 1. The van der Waals surface area contributed by atoms with Crippen molar-refractivity contribution < 1.29 is 28.5 Å². The van der Waals surface area contributed by atoms with E-state index >= 15 is 0 Å². The molecule has 0 bridgehead atoms. The van der Waals surface area contributed by atoms with E-state index in [2.05, 4.69) is 4.90 Å². The molecule has 172 valence electrons. The maximum absolute atomic E-state index is 12.5. The van der Waals surface area contributed by atoms with Gasteiger partial charge in [0.05, 0.1) is 25.9 Å². The molecule has 0 spiro atoms. The Morgan fingerprint density at radius 1 is 0.875 bits per heavy atom. The predicted octanol–water partition coefficient (Wildman–Crippen LogP) is 3.00. The van der Waals surface area contributed by atoms with Gasteiger partial charge in [-0.3, -0.25) is 4.79 Å². The molecule has 0 atom stereocenters. The van der Waals surface area contributed by atoms with Crippen molar-refractivity contribution in [2.75, 3.05) is 58.0 Å². The number of ether oxygens (including phenoxy) is 4. The van der Waals surface area contributed by atoms with Gasteiger partial charge in [-0.1, -0.05) is 0 Å². The maximum atomic E-state index is 12.5. The number of esters is 1. The monoisotopic (exact) mass is 442 g/mol. The van der Waals surface area contributed by atoms with E-state index in [1.807, 2.05) is 38.1 Å².